The minimum Gasteiger partial charge on any atom is -0.461 e. The first-order valence-electron chi connectivity index (χ1n) is 13.2. The van der Waals surface area contributed by atoms with Gasteiger partial charge in [0.2, 0.25) is 0 Å². The highest BCUT2D eigenvalue weighted by molar-refractivity contribution is 5.96. The average Bonchev–Trinajstić information content (AvgIpc) is 3.08. The number of ether oxygens (including phenoxy) is 2. The highest BCUT2D eigenvalue weighted by atomic mass is 16.6. The third kappa shape index (κ3) is 2.90. The standard InChI is InChI=1S/C27H40O7/c1-5-6-7-8-9-10-16-20-15(3)21(29)27(32)24-25(4)17(14(2)11-18(28)22(25)30)12-19(34-23(16)31)26(20,24)13-33-27/h11,15-17,19-22,24,29-30,32H,5-10,12-13H2,1-4H3/t15-,16-,17+,19-,20-,21-,22-,24-,25-,26+,27?/m1/s1. The molecule has 7 heteroatoms. The Morgan fingerprint density at radius 2 is 1.85 bits per heavy atom. The van der Waals surface area contributed by atoms with Crippen LogP contribution in [-0.2, 0) is 19.1 Å². The van der Waals surface area contributed by atoms with Gasteiger partial charge in [-0.05, 0) is 43.6 Å². The van der Waals surface area contributed by atoms with Crippen LogP contribution in [0.4, 0.5) is 0 Å². The lowest BCUT2D eigenvalue weighted by atomic mass is 9.37. The number of fused-ring (bicyclic) bond motifs is 1. The van der Waals surface area contributed by atoms with Gasteiger partial charge in [0.1, 0.15) is 18.3 Å². The molecule has 1 unspecified atom stereocenters. The lowest BCUT2D eigenvalue weighted by Gasteiger charge is -2.68. The summed E-state index contributed by atoms with van der Waals surface area (Å²) in [5, 5.41) is 34.6. The van der Waals surface area contributed by atoms with Crippen molar-refractivity contribution in [1.29, 1.82) is 0 Å². The molecule has 0 aromatic rings. The van der Waals surface area contributed by atoms with Gasteiger partial charge < -0.3 is 24.8 Å². The maximum absolute atomic E-state index is 13.4. The van der Waals surface area contributed by atoms with Crippen molar-refractivity contribution in [3.63, 3.8) is 0 Å². The lowest BCUT2D eigenvalue weighted by molar-refractivity contribution is -0.337. The summed E-state index contributed by atoms with van der Waals surface area (Å²) >= 11 is 0. The van der Waals surface area contributed by atoms with Crippen molar-refractivity contribution in [3.8, 4) is 0 Å². The van der Waals surface area contributed by atoms with Gasteiger partial charge in [0.15, 0.2) is 11.6 Å². The number of aliphatic hydroxyl groups excluding tert-OH is 2. The highest BCUT2D eigenvalue weighted by Crippen LogP contribution is 2.74. The van der Waals surface area contributed by atoms with Crippen LogP contribution in [0.5, 0.6) is 0 Å². The summed E-state index contributed by atoms with van der Waals surface area (Å²) in [6.45, 7) is 7.93. The number of hydrogen-bond acceptors (Lipinski definition) is 7. The van der Waals surface area contributed by atoms with Gasteiger partial charge in [0.25, 0.3) is 0 Å². The number of ketones is 1. The molecule has 11 atom stereocenters. The molecule has 2 aliphatic heterocycles. The first-order chi connectivity index (χ1) is 16.0. The maximum Gasteiger partial charge on any atom is 0.309 e. The normalized spacial score (nSPS) is 51.4. The zero-order valence-corrected chi connectivity index (χ0v) is 20.8. The van der Waals surface area contributed by atoms with Crippen molar-refractivity contribution in [2.24, 2.45) is 40.4 Å². The van der Waals surface area contributed by atoms with Crippen LogP contribution >= 0.6 is 0 Å². The van der Waals surface area contributed by atoms with Gasteiger partial charge >= 0.3 is 5.97 Å². The van der Waals surface area contributed by atoms with Crippen LogP contribution in [0.3, 0.4) is 0 Å². The molecule has 2 bridgehead atoms. The second-order valence-corrected chi connectivity index (χ2v) is 12.0. The summed E-state index contributed by atoms with van der Waals surface area (Å²) in [6.07, 6.45) is 4.98. The van der Waals surface area contributed by atoms with E-state index in [0.29, 0.717) is 12.8 Å². The molecule has 7 nitrogen and oxygen atoms in total. The van der Waals surface area contributed by atoms with Crippen LogP contribution in [0.1, 0.15) is 72.6 Å². The minimum absolute atomic E-state index is 0.149. The predicted molar refractivity (Wildman–Crippen MR) is 123 cm³/mol. The SMILES string of the molecule is CCCCCCC[C@H]1C(=O)O[C@@H]2C[C@H]3C(C)=CC(=O)[C@@H](O)[C@]3(C)[C@H]3C4(O)OC[C@]32[C@@H]1[C@@H](C)[C@H]4O. The molecular weight excluding hydrogens is 436 g/mol. The molecule has 3 aliphatic carbocycles. The maximum atomic E-state index is 13.4. The average molecular weight is 477 g/mol. The van der Waals surface area contributed by atoms with E-state index in [1.165, 1.54) is 12.5 Å². The summed E-state index contributed by atoms with van der Waals surface area (Å²) in [5.41, 5.74) is -0.971. The first kappa shape index (κ1) is 24.4. The lowest BCUT2D eigenvalue weighted by Crippen LogP contribution is -2.77. The van der Waals surface area contributed by atoms with Crippen LogP contribution in [0.25, 0.3) is 0 Å². The van der Waals surface area contributed by atoms with Gasteiger partial charge in [0.05, 0.1) is 12.5 Å². The Hall–Kier alpha value is -1.28. The van der Waals surface area contributed by atoms with E-state index in [9.17, 15) is 24.9 Å². The van der Waals surface area contributed by atoms with E-state index < -0.39 is 46.8 Å². The van der Waals surface area contributed by atoms with Crippen LogP contribution in [-0.4, -0.2) is 57.8 Å². The van der Waals surface area contributed by atoms with Crippen LogP contribution in [0.15, 0.2) is 11.6 Å². The fourth-order valence-corrected chi connectivity index (χ4v) is 9.08. The molecular formula is C27H40O7. The van der Waals surface area contributed by atoms with Gasteiger partial charge in [-0.15, -0.1) is 0 Å². The Morgan fingerprint density at radius 3 is 2.56 bits per heavy atom. The second-order valence-electron chi connectivity index (χ2n) is 12.0. The van der Waals surface area contributed by atoms with Gasteiger partial charge in [-0.2, -0.15) is 0 Å². The molecule has 0 amide bonds. The smallest absolute Gasteiger partial charge is 0.309 e. The van der Waals surface area contributed by atoms with Gasteiger partial charge in [0, 0.05) is 16.7 Å². The van der Waals surface area contributed by atoms with E-state index in [-0.39, 0.29) is 36.1 Å². The topological polar surface area (TPSA) is 113 Å². The molecule has 3 N–H and O–H groups in total. The number of esters is 1. The number of carbonyl (C=O) groups excluding carboxylic acids is 2. The molecule has 0 radical (unpaired) electrons. The van der Waals surface area contributed by atoms with E-state index in [2.05, 4.69) is 6.92 Å². The van der Waals surface area contributed by atoms with E-state index in [0.717, 1.165) is 31.3 Å². The number of unbranched alkanes of at least 4 members (excludes halogenated alkanes) is 4. The Kier molecular flexibility index (Phi) is 5.83. The molecule has 1 spiro atoms. The Labute approximate surface area is 201 Å². The fraction of sp³-hybridized carbons (Fsp3) is 0.852. The van der Waals surface area contributed by atoms with Gasteiger partial charge in [-0.3, -0.25) is 9.59 Å². The number of allylic oxidation sites excluding steroid dienone is 1. The number of aliphatic hydroxyl groups is 3. The van der Waals surface area contributed by atoms with Crippen molar-refractivity contribution in [2.45, 2.75) is 96.7 Å². The van der Waals surface area contributed by atoms with Crippen LogP contribution < -0.4 is 0 Å². The molecule has 2 heterocycles. The molecule has 5 rings (SSSR count). The summed E-state index contributed by atoms with van der Waals surface area (Å²) in [4.78, 5) is 26.2. The third-order valence-corrected chi connectivity index (χ3v) is 10.4. The Bertz CT molecular complexity index is 899. The van der Waals surface area contributed by atoms with Gasteiger partial charge in [-0.25, -0.2) is 0 Å². The van der Waals surface area contributed by atoms with Crippen molar-refractivity contribution in [2.75, 3.05) is 6.61 Å². The van der Waals surface area contributed by atoms with Crippen LogP contribution in [0, 0.1) is 40.4 Å². The molecule has 190 valence electrons. The van der Waals surface area contributed by atoms with E-state index in [1.54, 1.807) is 0 Å². The molecule has 0 aromatic heterocycles. The molecule has 34 heavy (non-hydrogen) atoms. The van der Waals surface area contributed by atoms with Crippen molar-refractivity contribution in [1.82, 2.24) is 0 Å². The summed E-state index contributed by atoms with van der Waals surface area (Å²) in [7, 11) is 0. The quantitative estimate of drug-likeness (QED) is 0.399. The summed E-state index contributed by atoms with van der Waals surface area (Å²) in [6, 6.07) is 0. The number of rotatable bonds is 6. The fourth-order valence-electron chi connectivity index (χ4n) is 9.08. The largest absolute Gasteiger partial charge is 0.461 e. The highest BCUT2D eigenvalue weighted by Gasteiger charge is 2.82. The van der Waals surface area contributed by atoms with Gasteiger partial charge in [-0.1, -0.05) is 58.4 Å². The first-order valence-corrected chi connectivity index (χ1v) is 13.2. The Balaban J connectivity index is 1.60. The zero-order valence-electron chi connectivity index (χ0n) is 20.8. The minimum atomic E-state index is -1.91. The summed E-state index contributed by atoms with van der Waals surface area (Å²) in [5.74, 6) is -4.53. The molecule has 5 aliphatic rings. The van der Waals surface area contributed by atoms with Crippen molar-refractivity contribution < 1.29 is 34.4 Å². The summed E-state index contributed by atoms with van der Waals surface area (Å²) < 4.78 is 12.2. The molecule has 2 saturated heterocycles. The Morgan fingerprint density at radius 1 is 1.15 bits per heavy atom. The monoisotopic (exact) mass is 476 g/mol. The van der Waals surface area contributed by atoms with Crippen LogP contribution in [0.2, 0.25) is 0 Å². The van der Waals surface area contributed by atoms with Crippen molar-refractivity contribution in [3.05, 3.63) is 11.6 Å². The van der Waals surface area contributed by atoms with E-state index in [1.807, 2.05) is 20.8 Å². The third-order valence-electron chi connectivity index (χ3n) is 10.4. The molecule has 0 aromatic carbocycles. The zero-order chi connectivity index (χ0) is 24.6. The van der Waals surface area contributed by atoms with E-state index in [4.69, 9.17) is 9.47 Å². The van der Waals surface area contributed by atoms with Crippen molar-refractivity contribution >= 4 is 11.8 Å². The number of carbonyl (C=O) groups is 2. The second kappa shape index (κ2) is 8.12. The number of hydrogen-bond donors (Lipinski definition) is 3. The molecule has 2 saturated carbocycles. The molecule has 4 fully saturated rings. The van der Waals surface area contributed by atoms with E-state index >= 15 is 0 Å². The predicted octanol–water partition coefficient (Wildman–Crippen LogP) is 2.75.